The van der Waals surface area contributed by atoms with Crippen molar-refractivity contribution in [2.45, 2.75) is 63.1 Å². The molecule has 2 N–H and O–H groups in total. The maximum Gasteiger partial charge on any atom is 0.0681 e. The van der Waals surface area contributed by atoms with Crippen molar-refractivity contribution in [3.8, 4) is 0 Å². The van der Waals surface area contributed by atoms with E-state index in [0.29, 0.717) is 25.2 Å². The number of nitrogens with one attached hydrogen (secondary N) is 1. The van der Waals surface area contributed by atoms with Crippen LogP contribution in [-0.4, -0.2) is 49.2 Å². The summed E-state index contributed by atoms with van der Waals surface area (Å²) in [5, 5.41) is 13.4. The van der Waals surface area contributed by atoms with E-state index in [9.17, 15) is 5.11 Å². The Bertz CT molecular complexity index is 287. The van der Waals surface area contributed by atoms with Gasteiger partial charge in [-0.15, -0.1) is 0 Å². The average Bonchev–Trinajstić information content (AvgIpc) is 3.26. The fourth-order valence-corrected chi connectivity index (χ4v) is 2.44. The van der Waals surface area contributed by atoms with E-state index < -0.39 is 0 Å². The van der Waals surface area contributed by atoms with Crippen LogP contribution in [0.15, 0.2) is 0 Å². The number of hydrogen-bond acceptors (Lipinski definition) is 4. The molecule has 2 rings (SSSR count). The van der Waals surface area contributed by atoms with Gasteiger partial charge in [0.2, 0.25) is 0 Å². The molecule has 0 amide bonds. The van der Waals surface area contributed by atoms with Gasteiger partial charge in [-0.25, -0.2) is 0 Å². The van der Waals surface area contributed by atoms with E-state index in [1.165, 1.54) is 25.7 Å². The fraction of sp³-hybridized carbons (Fsp3) is 1.00. The van der Waals surface area contributed by atoms with E-state index in [1.807, 2.05) is 0 Å². The van der Waals surface area contributed by atoms with Crippen LogP contribution in [0.1, 0.15) is 46.0 Å². The predicted octanol–water partition coefficient (Wildman–Crippen LogP) is 1.71. The van der Waals surface area contributed by atoms with Crippen LogP contribution in [0.5, 0.6) is 0 Å². The molecule has 0 aromatic heterocycles. The lowest BCUT2D eigenvalue weighted by Gasteiger charge is -2.34. The molecule has 0 radical (unpaired) electrons. The zero-order chi connectivity index (χ0) is 13.9. The summed E-state index contributed by atoms with van der Waals surface area (Å²) in [4.78, 5) is 0. The summed E-state index contributed by atoms with van der Waals surface area (Å²) in [6.45, 7) is 5.62. The highest BCUT2D eigenvalue weighted by atomic mass is 16.5. The maximum atomic E-state index is 9.80. The SMILES string of the molecule is COC(C)(C)CCOCC(CO)(NC1CC1)C1CC1. The van der Waals surface area contributed by atoms with Gasteiger partial charge in [-0.3, -0.25) is 0 Å². The van der Waals surface area contributed by atoms with Crippen LogP contribution in [0.25, 0.3) is 0 Å². The zero-order valence-corrected chi connectivity index (χ0v) is 12.6. The normalized spacial score (nSPS) is 23.4. The van der Waals surface area contributed by atoms with Gasteiger partial charge in [0.1, 0.15) is 0 Å². The molecule has 2 saturated carbocycles. The predicted molar refractivity (Wildman–Crippen MR) is 75.2 cm³/mol. The minimum atomic E-state index is -0.196. The highest BCUT2D eigenvalue weighted by Gasteiger charge is 2.47. The van der Waals surface area contributed by atoms with Gasteiger partial charge in [-0.1, -0.05) is 0 Å². The van der Waals surface area contributed by atoms with E-state index in [0.717, 1.165) is 6.42 Å². The largest absolute Gasteiger partial charge is 0.394 e. The third-order valence-corrected chi connectivity index (χ3v) is 4.47. The molecule has 0 aliphatic heterocycles. The summed E-state index contributed by atoms with van der Waals surface area (Å²) in [6.07, 6.45) is 5.79. The first-order chi connectivity index (χ1) is 9.01. The monoisotopic (exact) mass is 271 g/mol. The summed E-state index contributed by atoms with van der Waals surface area (Å²) in [6, 6.07) is 0.603. The van der Waals surface area contributed by atoms with Gasteiger partial charge < -0.3 is 19.9 Å². The number of hydrogen-bond donors (Lipinski definition) is 2. The molecular weight excluding hydrogens is 242 g/mol. The van der Waals surface area contributed by atoms with Crippen LogP contribution >= 0.6 is 0 Å². The highest BCUT2D eigenvalue weighted by molar-refractivity contribution is 5.04. The lowest BCUT2D eigenvalue weighted by molar-refractivity contribution is -0.0283. The van der Waals surface area contributed by atoms with E-state index in [2.05, 4.69) is 19.2 Å². The third-order valence-electron chi connectivity index (χ3n) is 4.47. The summed E-state index contributed by atoms with van der Waals surface area (Å²) in [5.74, 6) is 0.591. The minimum absolute atomic E-state index is 0.134. The second kappa shape index (κ2) is 6.08. The van der Waals surface area contributed by atoms with Gasteiger partial charge in [0.05, 0.1) is 24.4 Å². The van der Waals surface area contributed by atoms with E-state index in [-0.39, 0.29) is 17.7 Å². The number of rotatable bonds is 10. The Hall–Kier alpha value is -0.160. The Morgan fingerprint density at radius 3 is 2.37 bits per heavy atom. The quantitative estimate of drug-likeness (QED) is 0.594. The molecule has 2 fully saturated rings. The lowest BCUT2D eigenvalue weighted by atomic mass is 9.95. The molecule has 2 aliphatic rings. The van der Waals surface area contributed by atoms with E-state index in [1.54, 1.807) is 7.11 Å². The first kappa shape index (κ1) is 15.2. The molecule has 0 heterocycles. The Kier molecular flexibility index (Phi) is 4.88. The molecule has 19 heavy (non-hydrogen) atoms. The molecule has 0 saturated heterocycles. The van der Waals surface area contributed by atoms with Crippen molar-refractivity contribution in [1.82, 2.24) is 5.32 Å². The van der Waals surface area contributed by atoms with Crippen molar-refractivity contribution in [3.05, 3.63) is 0 Å². The molecule has 4 heteroatoms. The van der Waals surface area contributed by atoms with Crippen molar-refractivity contribution < 1.29 is 14.6 Å². The van der Waals surface area contributed by atoms with Crippen molar-refractivity contribution in [1.29, 1.82) is 0 Å². The molecule has 0 spiro atoms. The van der Waals surface area contributed by atoms with Crippen LogP contribution in [0.4, 0.5) is 0 Å². The second-order valence-electron chi connectivity index (χ2n) is 6.77. The summed E-state index contributed by atoms with van der Waals surface area (Å²) in [7, 11) is 1.73. The van der Waals surface area contributed by atoms with E-state index >= 15 is 0 Å². The first-order valence-corrected chi connectivity index (χ1v) is 7.53. The van der Waals surface area contributed by atoms with Crippen LogP contribution in [0.3, 0.4) is 0 Å². The van der Waals surface area contributed by atoms with Crippen LogP contribution in [0, 0.1) is 5.92 Å². The number of ether oxygens (including phenoxy) is 2. The highest BCUT2D eigenvalue weighted by Crippen LogP contribution is 2.41. The molecular formula is C15H29NO3. The van der Waals surface area contributed by atoms with Gasteiger partial charge in [-0.05, 0) is 51.9 Å². The standard InChI is InChI=1S/C15H29NO3/c1-14(2,18-3)8-9-19-11-15(10-17,12-4-5-12)16-13-6-7-13/h12-13,16-17H,4-11H2,1-3H3. The second-order valence-corrected chi connectivity index (χ2v) is 6.77. The smallest absolute Gasteiger partial charge is 0.0681 e. The Labute approximate surface area is 116 Å². The fourth-order valence-electron chi connectivity index (χ4n) is 2.44. The molecule has 2 aliphatic carbocycles. The molecule has 112 valence electrons. The molecule has 0 bridgehead atoms. The van der Waals surface area contributed by atoms with Crippen LogP contribution < -0.4 is 5.32 Å². The molecule has 0 aromatic carbocycles. The van der Waals surface area contributed by atoms with Crippen LogP contribution in [-0.2, 0) is 9.47 Å². The van der Waals surface area contributed by atoms with Crippen molar-refractivity contribution >= 4 is 0 Å². The maximum absolute atomic E-state index is 9.80. The molecule has 0 aromatic rings. The van der Waals surface area contributed by atoms with Gasteiger partial charge in [-0.2, -0.15) is 0 Å². The van der Waals surface area contributed by atoms with Crippen molar-refractivity contribution in [3.63, 3.8) is 0 Å². The number of methoxy groups -OCH3 is 1. The van der Waals surface area contributed by atoms with Crippen LogP contribution in [0.2, 0.25) is 0 Å². The van der Waals surface area contributed by atoms with Gasteiger partial charge in [0, 0.05) is 19.8 Å². The summed E-state index contributed by atoms with van der Waals surface area (Å²) in [5.41, 5.74) is -0.330. The van der Waals surface area contributed by atoms with Crippen molar-refractivity contribution in [2.75, 3.05) is 26.9 Å². The number of aliphatic hydroxyl groups excluding tert-OH is 1. The molecule has 4 nitrogen and oxygen atoms in total. The summed E-state index contributed by atoms with van der Waals surface area (Å²) >= 11 is 0. The van der Waals surface area contributed by atoms with Gasteiger partial charge in [0.25, 0.3) is 0 Å². The molecule has 1 atom stereocenters. The van der Waals surface area contributed by atoms with Gasteiger partial charge >= 0.3 is 0 Å². The van der Waals surface area contributed by atoms with Gasteiger partial charge in [0.15, 0.2) is 0 Å². The Morgan fingerprint density at radius 2 is 1.89 bits per heavy atom. The topological polar surface area (TPSA) is 50.7 Å². The zero-order valence-electron chi connectivity index (χ0n) is 12.6. The van der Waals surface area contributed by atoms with E-state index in [4.69, 9.17) is 9.47 Å². The van der Waals surface area contributed by atoms with Crippen molar-refractivity contribution in [2.24, 2.45) is 5.92 Å². The summed E-state index contributed by atoms with van der Waals surface area (Å²) < 4.78 is 11.2. The minimum Gasteiger partial charge on any atom is -0.394 e. The Balaban J connectivity index is 1.76. The molecule has 1 unspecified atom stereocenters. The Morgan fingerprint density at radius 1 is 1.21 bits per heavy atom. The average molecular weight is 271 g/mol. The lowest BCUT2D eigenvalue weighted by Crippen LogP contribution is -2.55. The number of aliphatic hydroxyl groups is 1. The first-order valence-electron chi connectivity index (χ1n) is 7.53. The third kappa shape index (κ3) is 4.42.